The second kappa shape index (κ2) is 4.42. The van der Waals surface area contributed by atoms with Crippen LogP contribution in [0, 0.1) is 5.92 Å². The molecule has 0 radical (unpaired) electrons. The minimum Gasteiger partial charge on any atom is -0.383 e. The number of aryl methyl sites for hydroxylation is 1. The van der Waals surface area contributed by atoms with Crippen LogP contribution in [0.3, 0.4) is 0 Å². The van der Waals surface area contributed by atoms with Crippen LogP contribution < -0.4 is 0 Å². The Bertz CT molecular complexity index is 426. The van der Waals surface area contributed by atoms with Crippen LogP contribution in [-0.4, -0.2) is 21.1 Å². The van der Waals surface area contributed by atoms with Crippen molar-refractivity contribution in [3.05, 3.63) is 16.9 Å². The first-order valence-corrected chi connectivity index (χ1v) is 6.09. The summed E-state index contributed by atoms with van der Waals surface area (Å²) in [5, 5.41) is 14.6. The Morgan fingerprint density at radius 2 is 2.22 bits per heavy atom. The zero-order valence-corrected chi connectivity index (χ0v) is 10.6. The summed E-state index contributed by atoms with van der Waals surface area (Å²) in [7, 11) is 1.57. The monoisotopic (exact) mass is 282 g/mol. The third kappa shape index (κ3) is 2.36. The number of nitrogens with zero attached hydrogens (tertiary/aromatic N) is 2. The largest absolute Gasteiger partial charge is 0.391 e. The quantitative estimate of drug-likeness (QED) is 0.860. The first-order valence-electron chi connectivity index (χ1n) is 5.71. The zero-order chi connectivity index (χ0) is 13.6. The smallest absolute Gasteiger partial charge is 0.383 e. The second-order valence-electron chi connectivity index (χ2n) is 4.83. The average Bonchev–Trinajstić information content (AvgIpc) is 2.58. The molecule has 1 saturated carbocycles. The van der Waals surface area contributed by atoms with Crippen LogP contribution in [0.1, 0.15) is 31.4 Å². The molecule has 3 nitrogen and oxygen atoms in total. The molecule has 1 aromatic heterocycles. The fourth-order valence-electron chi connectivity index (χ4n) is 2.68. The highest BCUT2D eigenvalue weighted by Crippen LogP contribution is 2.47. The van der Waals surface area contributed by atoms with E-state index in [1.807, 2.05) is 0 Å². The predicted octanol–water partition coefficient (Wildman–Crippen LogP) is 3.01. The van der Waals surface area contributed by atoms with Crippen molar-refractivity contribution in [1.82, 2.24) is 9.78 Å². The number of aliphatic hydroxyl groups is 1. The van der Waals surface area contributed by atoms with Crippen LogP contribution in [0.25, 0.3) is 0 Å². The van der Waals surface area contributed by atoms with Crippen LogP contribution >= 0.6 is 11.6 Å². The topological polar surface area (TPSA) is 38.0 Å². The van der Waals surface area contributed by atoms with Gasteiger partial charge in [0.1, 0.15) is 5.60 Å². The third-order valence-electron chi connectivity index (χ3n) is 3.52. The molecule has 0 saturated heterocycles. The predicted molar refractivity (Wildman–Crippen MR) is 60.1 cm³/mol. The Balaban J connectivity index is 2.32. The van der Waals surface area contributed by atoms with Gasteiger partial charge >= 0.3 is 6.18 Å². The molecule has 1 fully saturated rings. The molecule has 1 heterocycles. The van der Waals surface area contributed by atoms with Gasteiger partial charge in [-0.1, -0.05) is 11.6 Å². The highest BCUT2D eigenvalue weighted by atomic mass is 35.5. The van der Waals surface area contributed by atoms with E-state index in [2.05, 4.69) is 5.10 Å². The SMILES string of the molecule is Cn1ncc(Cl)c1C1(O)CCCC(C(F)(F)F)C1. The summed E-state index contributed by atoms with van der Waals surface area (Å²) in [4.78, 5) is 0. The molecule has 2 unspecified atom stereocenters. The van der Waals surface area contributed by atoms with Crippen molar-refractivity contribution in [2.24, 2.45) is 13.0 Å². The lowest BCUT2D eigenvalue weighted by Crippen LogP contribution is -2.39. The number of hydrogen-bond acceptors (Lipinski definition) is 2. The van der Waals surface area contributed by atoms with Gasteiger partial charge in [-0.25, -0.2) is 0 Å². The van der Waals surface area contributed by atoms with Crippen molar-refractivity contribution < 1.29 is 18.3 Å². The van der Waals surface area contributed by atoms with Crippen LogP contribution in [0.15, 0.2) is 6.20 Å². The molecule has 7 heteroatoms. The molecule has 0 bridgehead atoms. The summed E-state index contributed by atoms with van der Waals surface area (Å²) in [5.74, 6) is -1.48. The molecule has 1 aromatic rings. The summed E-state index contributed by atoms with van der Waals surface area (Å²) in [5.41, 5.74) is -1.26. The van der Waals surface area contributed by atoms with Gasteiger partial charge in [0, 0.05) is 7.05 Å². The lowest BCUT2D eigenvalue weighted by molar-refractivity contribution is -0.202. The summed E-state index contributed by atoms with van der Waals surface area (Å²) in [6.07, 6.45) is -2.64. The number of hydrogen-bond donors (Lipinski definition) is 1. The van der Waals surface area contributed by atoms with Crippen molar-refractivity contribution in [2.75, 3.05) is 0 Å². The number of halogens is 4. The van der Waals surface area contributed by atoms with E-state index in [0.717, 1.165) is 0 Å². The fourth-order valence-corrected chi connectivity index (χ4v) is 3.02. The Kier molecular flexibility index (Phi) is 3.36. The van der Waals surface area contributed by atoms with E-state index >= 15 is 0 Å². The highest BCUT2D eigenvalue weighted by molar-refractivity contribution is 6.31. The molecular formula is C11H14ClF3N2O. The molecule has 0 aliphatic heterocycles. The van der Waals surface area contributed by atoms with Crippen molar-refractivity contribution >= 4 is 11.6 Å². The Morgan fingerprint density at radius 3 is 2.72 bits per heavy atom. The fraction of sp³-hybridized carbons (Fsp3) is 0.727. The molecule has 102 valence electrons. The van der Waals surface area contributed by atoms with Gasteiger partial charge < -0.3 is 5.11 Å². The minimum absolute atomic E-state index is 0.0568. The van der Waals surface area contributed by atoms with Crippen molar-refractivity contribution in [3.63, 3.8) is 0 Å². The van der Waals surface area contributed by atoms with Crippen LogP contribution in [-0.2, 0) is 12.6 Å². The van der Waals surface area contributed by atoms with Crippen LogP contribution in [0.5, 0.6) is 0 Å². The normalized spacial score (nSPS) is 29.6. The van der Waals surface area contributed by atoms with Gasteiger partial charge in [-0.15, -0.1) is 0 Å². The molecule has 2 rings (SSSR count). The molecular weight excluding hydrogens is 269 g/mol. The molecule has 0 aromatic carbocycles. The lowest BCUT2D eigenvalue weighted by atomic mass is 9.76. The molecule has 0 spiro atoms. The van der Waals surface area contributed by atoms with Gasteiger partial charge in [0.2, 0.25) is 0 Å². The first-order chi connectivity index (χ1) is 8.24. The van der Waals surface area contributed by atoms with Gasteiger partial charge in [0.15, 0.2) is 0 Å². The van der Waals surface area contributed by atoms with Gasteiger partial charge in [0.05, 0.1) is 22.8 Å². The molecule has 1 aliphatic carbocycles. The van der Waals surface area contributed by atoms with Gasteiger partial charge in [-0.3, -0.25) is 4.68 Å². The molecule has 1 N–H and O–H groups in total. The van der Waals surface area contributed by atoms with Crippen molar-refractivity contribution in [2.45, 2.75) is 37.5 Å². The van der Waals surface area contributed by atoms with E-state index in [1.54, 1.807) is 7.05 Å². The van der Waals surface area contributed by atoms with Crippen molar-refractivity contribution in [1.29, 1.82) is 0 Å². The summed E-state index contributed by atoms with van der Waals surface area (Å²) >= 11 is 5.91. The summed E-state index contributed by atoms with van der Waals surface area (Å²) < 4.78 is 39.6. The highest BCUT2D eigenvalue weighted by Gasteiger charge is 2.49. The van der Waals surface area contributed by atoms with E-state index in [9.17, 15) is 18.3 Å². The summed E-state index contributed by atoms with van der Waals surface area (Å²) in [6, 6.07) is 0. The Morgan fingerprint density at radius 1 is 1.56 bits per heavy atom. The molecule has 18 heavy (non-hydrogen) atoms. The van der Waals surface area contributed by atoms with Crippen LogP contribution in [0.4, 0.5) is 13.2 Å². The average molecular weight is 283 g/mol. The van der Waals surface area contributed by atoms with Gasteiger partial charge in [0.25, 0.3) is 0 Å². The second-order valence-corrected chi connectivity index (χ2v) is 5.24. The van der Waals surface area contributed by atoms with E-state index in [1.165, 1.54) is 10.9 Å². The maximum Gasteiger partial charge on any atom is 0.391 e. The molecule has 1 aliphatic rings. The summed E-state index contributed by atoms with van der Waals surface area (Å²) in [6.45, 7) is 0. The molecule has 0 amide bonds. The lowest BCUT2D eigenvalue weighted by Gasteiger charge is -2.37. The number of rotatable bonds is 1. The standard InChI is InChI=1S/C11H14ClF3N2O/c1-17-9(8(12)6-16-17)10(18)4-2-3-7(5-10)11(13,14)15/h6-7,18H,2-5H2,1H3. The third-order valence-corrected chi connectivity index (χ3v) is 3.80. The zero-order valence-electron chi connectivity index (χ0n) is 9.84. The maximum absolute atomic E-state index is 12.8. The van der Waals surface area contributed by atoms with E-state index < -0.39 is 17.7 Å². The maximum atomic E-state index is 12.8. The Hall–Kier alpha value is -0.750. The number of aromatic nitrogens is 2. The van der Waals surface area contributed by atoms with E-state index in [4.69, 9.17) is 11.6 Å². The minimum atomic E-state index is -4.28. The van der Waals surface area contributed by atoms with Crippen molar-refractivity contribution in [3.8, 4) is 0 Å². The Labute approximate surface area is 108 Å². The van der Waals surface area contributed by atoms with Gasteiger partial charge in [-0.05, 0) is 25.7 Å². The van der Waals surface area contributed by atoms with Gasteiger partial charge in [-0.2, -0.15) is 18.3 Å². The van der Waals surface area contributed by atoms with E-state index in [-0.39, 0.29) is 30.0 Å². The van der Waals surface area contributed by atoms with Crippen LogP contribution in [0.2, 0.25) is 5.02 Å². The number of alkyl halides is 3. The van der Waals surface area contributed by atoms with E-state index in [0.29, 0.717) is 6.42 Å². The first kappa shape index (κ1) is 13.7. The molecule has 2 atom stereocenters.